The number of hydrogen-bond donors (Lipinski definition) is 0. The molecule has 0 nitrogen and oxygen atoms in total. The van der Waals surface area contributed by atoms with Crippen molar-refractivity contribution < 1.29 is 41.4 Å². The van der Waals surface area contributed by atoms with Gasteiger partial charge in [0.2, 0.25) is 0 Å². The second kappa shape index (κ2) is 15.6. The van der Waals surface area contributed by atoms with E-state index in [1.54, 1.807) is 22.3 Å². The van der Waals surface area contributed by atoms with Crippen LogP contribution < -0.4 is 24.8 Å². The predicted octanol–water partition coefficient (Wildman–Crippen LogP) is 7.89. The Morgan fingerprint density at radius 3 is 1.25 bits per heavy atom. The minimum absolute atomic E-state index is 0. The minimum Gasteiger partial charge on any atom is -1.00 e. The van der Waals surface area contributed by atoms with E-state index in [2.05, 4.69) is 111 Å². The van der Waals surface area contributed by atoms with Gasteiger partial charge in [-0.05, 0) is 0 Å². The van der Waals surface area contributed by atoms with Gasteiger partial charge in [0.05, 0.1) is 0 Å². The third-order valence-electron chi connectivity index (χ3n) is 13.4. The van der Waals surface area contributed by atoms with E-state index in [-0.39, 0.29) is 24.8 Å². The number of halogens is 2. The molecule has 51 heavy (non-hydrogen) atoms. The first-order valence-electron chi connectivity index (χ1n) is 20.1. The zero-order valence-electron chi connectivity index (χ0n) is 30.7. The Kier molecular flexibility index (Phi) is 11.3. The summed E-state index contributed by atoms with van der Waals surface area (Å²) < 4.78 is 4.51. The van der Waals surface area contributed by atoms with Crippen molar-refractivity contribution in [2.75, 3.05) is 0 Å². The van der Waals surface area contributed by atoms with E-state index in [0.29, 0.717) is 0 Å². The van der Waals surface area contributed by atoms with Gasteiger partial charge in [-0.2, -0.15) is 0 Å². The molecule has 0 radical (unpaired) electrons. The van der Waals surface area contributed by atoms with Crippen LogP contribution in [0.25, 0.3) is 34.4 Å². The van der Waals surface area contributed by atoms with Gasteiger partial charge < -0.3 is 24.8 Å². The van der Waals surface area contributed by atoms with Crippen molar-refractivity contribution in [3.63, 3.8) is 0 Å². The molecule has 4 aromatic carbocycles. The molecule has 0 amide bonds. The van der Waals surface area contributed by atoms with E-state index < -0.39 is 16.6 Å². The summed E-state index contributed by atoms with van der Waals surface area (Å²) in [6, 6.07) is 34.1. The number of allylic oxidation sites excluding steroid dienone is 2. The third-order valence-corrected chi connectivity index (χ3v) is 21.6. The first-order valence-corrected chi connectivity index (χ1v) is 24.1. The Morgan fingerprint density at radius 1 is 0.510 bits per heavy atom. The van der Waals surface area contributed by atoms with E-state index in [1.807, 2.05) is 11.1 Å². The number of hydrogen-bond acceptors (Lipinski definition) is 0. The molecular weight excluding hydrogens is 695 g/mol. The Balaban J connectivity index is 0.00000203. The number of fused-ring (bicyclic) bond motifs is 2. The smallest absolute Gasteiger partial charge is 1.00 e. The average Bonchev–Trinajstić information content (AvgIpc) is 3.66. The first-order chi connectivity index (χ1) is 24.2. The molecule has 9 rings (SSSR count). The molecule has 264 valence electrons. The molecule has 2 unspecified atom stereocenters. The molecule has 4 aromatic rings. The summed E-state index contributed by atoms with van der Waals surface area (Å²) in [5.74, 6) is 1.57. The molecule has 1 aliphatic heterocycles. The molecular formula is C48H54Cl2Ti. The molecule has 0 bridgehead atoms. The van der Waals surface area contributed by atoms with Crippen molar-refractivity contribution in [3.05, 3.63) is 129 Å². The van der Waals surface area contributed by atoms with Gasteiger partial charge in [0.1, 0.15) is 0 Å². The van der Waals surface area contributed by atoms with Gasteiger partial charge in [-0.15, -0.1) is 0 Å². The van der Waals surface area contributed by atoms with Gasteiger partial charge in [-0.1, -0.05) is 0 Å². The zero-order valence-corrected chi connectivity index (χ0v) is 33.8. The monoisotopic (exact) mass is 748 g/mol. The molecule has 5 aliphatic rings. The third kappa shape index (κ3) is 6.60. The average molecular weight is 750 g/mol. The van der Waals surface area contributed by atoms with Gasteiger partial charge in [0.25, 0.3) is 0 Å². The van der Waals surface area contributed by atoms with Crippen LogP contribution >= 0.6 is 0 Å². The quantitative estimate of drug-likeness (QED) is 0.145. The van der Waals surface area contributed by atoms with E-state index in [1.165, 1.54) is 120 Å². The molecule has 2 atom stereocenters. The summed E-state index contributed by atoms with van der Waals surface area (Å²) in [5, 5.41) is 0. The van der Waals surface area contributed by atoms with Crippen LogP contribution in [-0.4, -0.2) is 0 Å². The number of benzene rings is 4. The summed E-state index contributed by atoms with van der Waals surface area (Å²) in [4.78, 5) is 0. The van der Waals surface area contributed by atoms with E-state index in [0.717, 1.165) is 20.3 Å². The fraction of sp³-hybridized carbons (Fsp3) is 0.417. The maximum atomic E-state index is 2.78. The summed E-state index contributed by atoms with van der Waals surface area (Å²) in [6.07, 6.45) is 21.6. The van der Waals surface area contributed by atoms with Crippen molar-refractivity contribution >= 4 is 12.2 Å². The Hall–Kier alpha value is -2.35. The molecule has 0 N–H and O–H groups in total. The largest absolute Gasteiger partial charge is 1.00 e. The number of rotatable bonds is 10. The van der Waals surface area contributed by atoms with Gasteiger partial charge in [-0.25, -0.2) is 0 Å². The number of aryl methyl sites for hydroxylation is 2. The molecule has 2 saturated carbocycles. The molecule has 0 spiro atoms. The summed E-state index contributed by atoms with van der Waals surface area (Å²) in [6.45, 7) is 4.57. The fourth-order valence-corrected chi connectivity index (χ4v) is 21.5. The van der Waals surface area contributed by atoms with Crippen LogP contribution in [0, 0.1) is 11.8 Å². The Labute approximate surface area is 323 Å². The second-order valence-electron chi connectivity index (χ2n) is 16.4. The van der Waals surface area contributed by atoms with Crippen LogP contribution in [0.3, 0.4) is 0 Å². The van der Waals surface area contributed by atoms with Crippen LogP contribution in [0.15, 0.2) is 96.1 Å². The van der Waals surface area contributed by atoms with Gasteiger partial charge in [0, 0.05) is 0 Å². The van der Waals surface area contributed by atoms with Crippen LogP contribution in [0.1, 0.15) is 120 Å². The molecule has 1 heterocycles. The van der Waals surface area contributed by atoms with Crippen LogP contribution in [0.5, 0.6) is 0 Å². The Morgan fingerprint density at radius 2 is 0.902 bits per heavy atom. The minimum atomic E-state index is -2.50. The van der Waals surface area contributed by atoms with Crippen LogP contribution in [0.4, 0.5) is 0 Å². The van der Waals surface area contributed by atoms with Crippen molar-refractivity contribution in [1.29, 1.82) is 0 Å². The topological polar surface area (TPSA) is 0 Å². The van der Waals surface area contributed by atoms with Crippen molar-refractivity contribution in [2.24, 2.45) is 11.8 Å². The SMILES string of the molecule is CCCc1ccc(-c2cccc3c2C=C(C2CCCC2)[CH]3[Ti+2]2([CH]3C(C4CCCC4)=Cc4c(-c5ccc(CCC)cc5)cccc43)[CH2][CH2]2)cc1.[Cl-].[Cl-]. The molecule has 0 aromatic heterocycles. The van der Waals surface area contributed by atoms with Crippen molar-refractivity contribution in [1.82, 2.24) is 0 Å². The van der Waals surface area contributed by atoms with Gasteiger partial charge >= 0.3 is 301 Å². The fourth-order valence-electron chi connectivity index (χ4n) is 11.0. The van der Waals surface area contributed by atoms with E-state index in [4.69, 9.17) is 0 Å². The Bertz CT molecular complexity index is 1760. The normalized spacial score (nSPS) is 21.1. The van der Waals surface area contributed by atoms with Gasteiger partial charge in [-0.3, -0.25) is 0 Å². The molecule has 4 aliphatic carbocycles. The molecule has 1 saturated heterocycles. The first kappa shape index (κ1) is 37.0. The molecule has 3 fully saturated rings. The molecule has 3 heteroatoms. The van der Waals surface area contributed by atoms with Crippen molar-refractivity contribution in [2.45, 2.75) is 109 Å². The summed E-state index contributed by atoms with van der Waals surface area (Å²) in [7, 11) is 0. The van der Waals surface area contributed by atoms with E-state index in [9.17, 15) is 0 Å². The summed E-state index contributed by atoms with van der Waals surface area (Å²) >= 11 is -2.50. The zero-order chi connectivity index (χ0) is 33.0. The van der Waals surface area contributed by atoms with Crippen LogP contribution in [-0.2, 0) is 29.4 Å². The van der Waals surface area contributed by atoms with E-state index >= 15 is 0 Å². The standard InChI is InChI=1S/2C23H25.C2H4.2ClH.Ti/c2*1-2-6-17-11-13-19(14-12-17)22-10-5-9-20-15-21(16-23(20)22)18-7-3-4-8-18;1-2;;;/h2*5,9-16,18H,2-4,6-8H2,1H3;1-2H2;2*1H;/q;;;;;+2/p-2. The maximum Gasteiger partial charge on any atom is -1.00 e. The van der Waals surface area contributed by atoms with Crippen LogP contribution in [0.2, 0.25) is 9.45 Å². The second-order valence-corrected chi connectivity index (χ2v) is 23.6. The predicted molar refractivity (Wildman–Crippen MR) is 207 cm³/mol. The maximum absolute atomic E-state index is 2.78. The van der Waals surface area contributed by atoms with Crippen molar-refractivity contribution in [3.8, 4) is 22.3 Å². The van der Waals surface area contributed by atoms with Gasteiger partial charge in [0.15, 0.2) is 0 Å². The summed E-state index contributed by atoms with van der Waals surface area (Å²) in [5.41, 5.74) is 19.1.